The largest absolute Gasteiger partial charge is 0.475 e. The van der Waals surface area contributed by atoms with Gasteiger partial charge >= 0.3 is 5.09 Å². The molecule has 1 aliphatic heterocycles. The lowest BCUT2D eigenvalue weighted by Crippen LogP contribution is -2.43. The van der Waals surface area contributed by atoms with E-state index in [0.717, 1.165) is 11.8 Å². The molecule has 0 unspecified atom stereocenters. The van der Waals surface area contributed by atoms with Crippen LogP contribution in [-0.2, 0) is 9.63 Å². The molecule has 15 heavy (non-hydrogen) atoms. The van der Waals surface area contributed by atoms with Gasteiger partial charge in [0.1, 0.15) is 10.9 Å². The molecule has 84 valence electrons. The number of carbonyl (C=O) groups excluding carboxylic acids is 2. The van der Waals surface area contributed by atoms with Crippen LogP contribution >= 0.6 is 11.8 Å². The van der Waals surface area contributed by atoms with E-state index in [1.165, 1.54) is 0 Å². The van der Waals surface area contributed by atoms with Crippen LogP contribution in [0.4, 0.5) is 4.79 Å². The van der Waals surface area contributed by atoms with Crippen molar-refractivity contribution in [3.63, 3.8) is 0 Å². The van der Waals surface area contributed by atoms with Crippen molar-refractivity contribution in [3.05, 3.63) is 4.91 Å². The van der Waals surface area contributed by atoms with Gasteiger partial charge in [0.05, 0.1) is 6.54 Å². The molecular formula is C6H10N3O5S+. The number of rotatable bonds is 5. The Bertz CT molecular complexity index is 284. The molecule has 0 radical (unpaired) electrons. The lowest BCUT2D eigenvalue weighted by Gasteiger charge is -2.08. The van der Waals surface area contributed by atoms with Gasteiger partial charge < -0.3 is 10.6 Å². The van der Waals surface area contributed by atoms with Crippen molar-refractivity contribution >= 4 is 22.9 Å². The summed E-state index contributed by atoms with van der Waals surface area (Å²) in [6.45, 7) is -0.0608. The average molecular weight is 236 g/mol. The highest BCUT2D eigenvalue weighted by atomic mass is 32.2. The summed E-state index contributed by atoms with van der Waals surface area (Å²) < 4.78 is 0. The third kappa shape index (κ3) is 4.02. The van der Waals surface area contributed by atoms with E-state index >= 15 is 0 Å². The van der Waals surface area contributed by atoms with Crippen LogP contribution in [-0.4, -0.2) is 46.4 Å². The summed E-state index contributed by atoms with van der Waals surface area (Å²) in [5.41, 5.74) is 0. The van der Waals surface area contributed by atoms with Gasteiger partial charge in [0.15, 0.2) is 6.61 Å². The fourth-order valence-electron chi connectivity index (χ4n) is 0.947. The van der Waals surface area contributed by atoms with Crippen molar-refractivity contribution in [1.29, 1.82) is 0 Å². The zero-order valence-electron chi connectivity index (χ0n) is 7.63. The van der Waals surface area contributed by atoms with Crippen LogP contribution in [0.15, 0.2) is 0 Å². The molecule has 2 amide bonds. The molecule has 1 saturated heterocycles. The van der Waals surface area contributed by atoms with E-state index in [-0.39, 0.29) is 24.3 Å². The van der Waals surface area contributed by atoms with Crippen molar-refractivity contribution in [1.82, 2.24) is 10.6 Å². The maximum atomic E-state index is 11.3. The molecule has 3 N–H and O–H groups in total. The van der Waals surface area contributed by atoms with Crippen LogP contribution in [0.25, 0.3) is 0 Å². The van der Waals surface area contributed by atoms with Crippen LogP contribution in [0.2, 0.25) is 0 Å². The highest BCUT2D eigenvalue weighted by Crippen LogP contribution is 2.12. The maximum absolute atomic E-state index is 11.3. The molecule has 0 spiro atoms. The van der Waals surface area contributed by atoms with Gasteiger partial charge in [-0.05, 0) is 0 Å². The predicted molar refractivity (Wildman–Crippen MR) is 49.2 cm³/mol. The zero-order valence-corrected chi connectivity index (χ0v) is 8.45. The molecule has 0 aromatic carbocycles. The number of amides is 2. The zero-order chi connectivity index (χ0) is 11.3. The van der Waals surface area contributed by atoms with Gasteiger partial charge in [0, 0.05) is 5.75 Å². The first kappa shape index (κ1) is 11.6. The predicted octanol–water partition coefficient (Wildman–Crippen LogP) is -0.973. The van der Waals surface area contributed by atoms with E-state index in [9.17, 15) is 14.5 Å². The summed E-state index contributed by atoms with van der Waals surface area (Å²) in [6.07, 6.45) is 0. The van der Waals surface area contributed by atoms with Gasteiger partial charge in [-0.25, -0.2) is 5.21 Å². The van der Waals surface area contributed by atoms with Gasteiger partial charge in [-0.2, -0.15) is 4.84 Å². The Morgan fingerprint density at radius 1 is 1.80 bits per heavy atom. The van der Waals surface area contributed by atoms with E-state index < -0.39 is 11.1 Å². The van der Waals surface area contributed by atoms with E-state index in [0.29, 0.717) is 5.75 Å². The van der Waals surface area contributed by atoms with Crippen molar-refractivity contribution in [2.24, 2.45) is 0 Å². The van der Waals surface area contributed by atoms with Crippen LogP contribution in [0.1, 0.15) is 0 Å². The molecule has 1 aliphatic rings. The number of thioether (sulfide) groups is 1. The first-order valence-corrected chi connectivity index (χ1v) is 5.08. The monoisotopic (exact) mass is 236 g/mol. The minimum Gasteiger partial charge on any atom is -0.351 e. The second-order valence-electron chi connectivity index (χ2n) is 2.66. The van der Waals surface area contributed by atoms with Crippen LogP contribution < -0.4 is 10.6 Å². The number of nitrogens with zero attached hydrogens (tertiary/aromatic N) is 1. The van der Waals surface area contributed by atoms with Crippen molar-refractivity contribution < 1.29 is 24.7 Å². The Morgan fingerprint density at radius 3 is 3.07 bits per heavy atom. The first-order chi connectivity index (χ1) is 7.09. The Hall–Kier alpha value is -1.51. The van der Waals surface area contributed by atoms with E-state index in [1.807, 2.05) is 0 Å². The number of hydrogen-bond acceptors (Lipinski definition) is 5. The Kier molecular flexibility index (Phi) is 4.16. The summed E-state index contributed by atoms with van der Waals surface area (Å²) in [4.78, 5) is 36.0. The molecule has 1 atom stereocenters. The third-order valence-electron chi connectivity index (χ3n) is 1.59. The van der Waals surface area contributed by atoms with E-state index in [2.05, 4.69) is 15.5 Å². The molecule has 0 aromatic rings. The minimum atomic E-state index is -0.681. The summed E-state index contributed by atoms with van der Waals surface area (Å²) in [5, 5.41) is 12.0. The Morgan fingerprint density at radius 2 is 2.53 bits per heavy atom. The SMILES string of the molecule is O=C1N[C@H](C(=O)NCCO[N+](=O)O)CS1. The molecule has 0 saturated carbocycles. The molecule has 0 aromatic heterocycles. The van der Waals surface area contributed by atoms with Crippen LogP contribution in [0.3, 0.4) is 0 Å². The van der Waals surface area contributed by atoms with Gasteiger partial charge in [-0.15, -0.1) is 0 Å². The summed E-state index contributed by atoms with van der Waals surface area (Å²) >= 11 is 1.04. The molecule has 1 heterocycles. The standard InChI is InChI=1S/C6H9N3O5S/c10-5(4-3-15-6(11)8-4)7-1-2-14-9(12)13/h4H,1-3H2,(H2-,7,8,10,11,12,13)/p+1/t4-/m0/s1. The smallest absolute Gasteiger partial charge is 0.351 e. The minimum absolute atomic E-state index is 0.0785. The molecular weight excluding hydrogens is 226 g/mol. The van der Waals surface area contributed by atoms with Crippen molar-refractivity contribution in [2.75, 3.05) is 18.9 Å². The number of carbonyl (C=O) groups is 2. The highest BCUT2D eigenvalue weighted by Gasteiger charge is 2.27. The second kappa shape index (κ2) is 5.39. The molecule has 0 aliphatic carbocycles. The fraction of sp³-hybridized carbons (Fsp3) is 0.667. The molecule has 1 fully saturated rings. The lowest BCUT2D eigenvalue weighted by molar-refractivity contribution is -0.975. The van der Waals surface area contributed by atoms with Gasteiger partial charge in [0.25, 0.3) is 5.24 Å². The second-order valence-corrected chi connectivity index (χ2v) is 3.65. The number of hydrogen-bond donors (Lipinski definition) is 3. The van der Waals surface area contributed by atoms with Gasteiger partial charge in [0.2, 0.25) is 5.91 Å². The summed E-state index contributed by atoms with van der Waals surface area (Å²) in [7, 11) is 0. The molecule has 0 bridgehead atoms. The number of nitrogens with one attached hydrogen (secondary N) is 2. The van der Waals surface area contributed by atoms with E-state index in [1.54, 1.807) is 0 Å². The topological polar surface area (TPSA) is 108 Å². The summed E-state index contributed by atoms with van der Waals surface area (Å²) in [5.74, 6) is 0.0477. The highest BCUT2D eigenvalue weighted by molar-refractivity contribution is 8.14. The van der Waals surface area contributed by atoms with Crippen molar-refractivity contribution in [3.8, 4) is 0 Å². The lowest BCUT2D eigenvalue weighted by atomic mass is 10.3. The Labute approximate surface area is 88.8 Å². The third-order valence-corrected chi connectivity index (χ3v) is 2.47. The molecule has 8 nitrogen and oxygen atoms in total. The average Bonchev–Trinajstić information content (AvgIpc) is 2.59. The normalized spacial score (nSPS) is 19.5. The van der Waals surface area contributed by atoms with Crippen molar-refractivity contribution in [2.45, 2.75) is 6.04 Å². The van der Waals surface area contributed by atoms with Gasteiger partial charge in [-0.1, -0.05) is 11.8 Å². The van der Waals surface area contributed by atoms with Crippen LogP contribution in [0, 0.1) is 4.91 Å². The van der Waals surface area contributed by atoms with E-state index in [4.69, 9.17) is 5.21 Å². The first-order valence-electron chi connectivity index (χ1n) is 4.09. The fourth-order valence-corrected chi connectivity index (χ4v) is 1.73. The van der Waals surface area contributed by atoms with Crippen LogP contribution in [0.5, 0.6) is 0 Å². The molecule has 1 rings (SSSR count). The quantitative estimate of drug-likeness (QED) is 0.418. The molecule has 9 heteroatoms. The summed E-state index contributed by atoms with van der Waals surface area (Å²) in [6, 6.07) is -0.542. The Balaban J connectivity index is 2.13. The maximum Gasteiger partial charge on any atom is 0.475 e. The van der Waals surface area contributed by atoms with Gasteiger partial charge in [-0.3, -0.25) is 9.59 Å².